The highest BCUT2D eigenvalue weighted by Crippen LogP contribution is 2.42. The monoisotopic (exact) mass is 1870 g/mol. The molecule has 3 aromatic rings. The van der Waals surface area contributed by atoms with Gasteiger partial charge >= 0.3 is 7.12 Å². The highest BCUT2D eigenvalue weighted by Gasteiger charge is 2.62. The Labute approximate surface area is 762 Å². The molecule has 10 rings (SSSR count). The van der Waals surface area contributed by atoms with Crippen molar-refractivity contribution in [1.29, 1.82) is 0 Å². The number of aliphatic hydroxyl groups excluding tert-OH is 6. The molecule has 7 fully saturated rings. The number of carbonyl (C=O) groups is 5. The van der Waals surface area contributed by atoms with Crippen molar-refractivity contribution in [2.75, 3.05) is 198 Å². The number of aromatic nitrogens is 9. The van der Waals surface area contributed by atoms with Crippen LogP contribution < -0.4 is 21.3 Å². The van der Waals surface area contributed by atoms with Gasteiger partial charge in [-0.25, -0.2) is 14.0 Å². The largest absolute Gasteiger partial charge is 0.457 e. The molecule has 3 aromatic heterocycles. The number of nitrogens with one attached hydrogen (secondary N) is 4. The summed E-state index contributed by atoms with van der Waals surface area (Å²) in [6, 6.07) is -2.73. The SMILES string of the molecule is CC(=O)N[C@H]1[C@H]2OC[C@](COCCOCCOCCOCCn3cc(COCC(COCc4cn(CCOCCOCCOCCOC[C@@]56CO[C@@H](O5)[C@H](NC(C)=O)[C@@H](O)[C@H]6O)nn4)(COCc4cn(CCOCCOCCOCCOC[C@@]56CO[C@@H](O5)[C@H](NC(C)=O)[C@@H](O)[C@H]6O)nn4)NC(=O)CCCCCCC(=O)CCCCCB4OC(C)(C)C(C)(C)O4)nn3)(O2)[C@H](O)[C@@H]1O. The van der Waals surface area contributed by atoms with Crippen LogP contribution in [0.5, 0.6) is 0 Å². The van der Waals surface area contributed by atoms with Crippen LogP contribution in [0.15, 0.2) is 18.6 Å². The zero-order chi connectivity index (χ0) is 93.5. The molecule has 10 heterocycles. The van der Waals surface area contributed by atoms with Gasteiger partial charge in [0.15, 0.2) is 18.9 Å². The van der Waals surface area contributed by atoms with Crippen LogP contribution in [0.4, 0.5) is 0 Å². The Morgan fingerprint density at radius 3 is 0.985 bits per heavy atom. The second-order valence-corrected chi connectivity index (χ2v) is 34.7. The van der Waals surface area contributed by atoms with E-state index in [1.807, 2.05) is 27.7 Å². The molecule has 0 aromatic carbocycles. The fraction of sp³-hybridized carbons (Fsp3) is 0.867. The highest BCUT2D eigenvalue weighted by atomic mass is 16.8. The molecule has 7 aliphatic rings. The van der Waals surface area contributed by atoms with Crippen LogP contribution in [0.1, 0.15) is 130 Å². The molecule has 0 spiro atoms. The normalized spacial score (nSPS) is 26.5. The summed E-state index contributed by atoms with van der Waals surface area (Å²) in [5.74, 6) is -1.23. The summed E-state index contributed by atoms with van der Waals surface area (Å²) >= 11 is 0. The lowest BCUT2D eigenvalue weighted by molar-refractivity contribution is -0.238. The first-order valence-corrected chi connectivity index (χ1v) is 45.4. The molecule has 0 radical (unpaired) electrons. The predicted molar refractivity (Wildman–Crippen MR) is 451 cm³/mol. The molecule has 7 aliphatic heterocycles. The third kappa shape index (κ3) is 33.9. The first-order chi connectivity index (χ1) is 63.1. The summed E-state index contributed by atoms with van der Waals surface area (Å²) in [5, 5.41) is 101. The van der Waals surface area contributed by atoms with Gasteiger partial charge in [-0.1, -0.05) is 41.3 Å². The molecule has 15 atom stereocenters. The second-order valence-electron chi connectivity index (χ2n) is 34.7. The van der Waals surface area contributed by atoms with Crippen LogP contribution in [0, 0.1) is 0 Å². The van der Waals surface area contributed by atoms with E-state index in [9.17, 15) is 54.6 Å². The number of rotatable bonds is 71. The Balaban J connectivity index is 0.655. The van der Waals surface area contributed by atoms with Crippen molar-refractivity contribution in [1.82, 2.24) is 66.2 Å². The van der Waals surface area contributed by atoms with Crippen LogP contribution in [-0.2, 0) is 172 Å². The minimum Gasteiger partial charge on any atom is -0.403 e. The van der Waals surface area contributed by atoms with E-state index in [2.05, 4.69) is 52.2 Å². The number of carbonyl (C=O) groups excluding carboxylic acids is 5. The van der Waals surface area contributed by atoms with Crippen molar-refractivity contribution in [3.63, 3.8) is 0 Å². The molecule has 6 bridgehead atoms. The number of unbranched alkanes of at least 4 members (excludes halogenated alkanes) is 5. The van der Waals surface area contributed by atoms with Gasteiger partial charge < -0.3 is 161 Å². The maximum absolute atomic E-state index is 14.3. The number of ether oxygens (including phenoxy) is 21. The zero-order valence-corrected chi connectivity index (χ0v) is 76.6. The molecule has 48 heteroatoms. The van der Waals surface area contributed by atoms with Gasteiger partial charge in [-0.3, -0.25) is 24.0 Å². The van der Waals surface area contributed by atoms with Gasteiger partial charge in [0.05, 0.1) is 267 Å². The Morgan fingerprint density at radius 1 is 0.397 bits per heavy atom. The van der Waals surface area contributed by atoms with E-state index in [1.54, 1.807) is 32.6 Å². The molecule has 744 valence electrons. The van der Waals surface area contributed by atoms with E-state index >= 15 is 0 Å². The maximum atomic E-state index is 14.3. The Morgan fingerprint density at radius 2 is 0.679 bits per heavy atom. The Kier molecular flexibility index (Phi) is 44.7. The van der Waals surface area contributed by atoms with Crippen molar-refractivity contribution in [3.8, 4) is 0 Å². The summed E-state index contributed by atoms with van der Waals surface area (Å²) in [4.78, 5) is 62.1. The minimum atomic E-state index is -1.35. The summed E-state index contributed by atoms with van der Waals surface area (Å²) in [5.41, 5.74) is -4.39. The third-order valence-corrected chi connectivity index (χ3v) is 23.3. The lowest BCUT2D eigenvalue weighted by Gasteiger charge is -2.42. The fourth-order valence-corrected chi connectivity index (χ4v) is 15.6. The van der Waals surface area contributed by atoms with E-state index in [1.165, 1.54) is 20.8 Å². The van der Waals surface area contributed by atoms with Crippen LogP contribution in [-0.4, -0.2) is 418 Å². The van der Waals surface area contributed by atoms with E-state index in [4.69, 9.17) is 109 Å². The Bertz CT molecular complexity index is 3500. The minimum absolute atomic E-state index is 0.0103. The molecular formula is C83H140BN13O34. The first-order valence-electron chi connectivity index (χ1n) is 45.4. The topological polar surface area (TPSA) is 559 Å². The molecular weight excluding hydrogens is 1730 g/mol. The molecule has 0 aliphatic carbocycles. The number of nitrogens with zero attached hydrogens (tertiary/aromatic N) is 9. The number of aliphatic hydroxyl groups is 6. The molecule has 131 heavy (non-hydrogen) atoms. The van der Waals surface area contributed by atoms with Gasteiger partial charge in [-0.05, 0) is 53.3 Å². The van der Waals surface area contributed by atoms with Crippen molar-refractivity contribution < 1.29 is 163 Å². The van der Waals surface area contributed by atoms with Crippen LogP contribution in [0.25, 0.3) is 0 Å². The fourth-order valence-electron chi connectivity index (χ4n) is 15.6. The lowest BCUT2D eigenvalue weighted by Crippen LogP contribution is -2.66. The van der Waals surface area contributed by atoms with Crippen LogP contribution in [0.2, 0.25) is 6.32 Å². The number of ketones is 1. The zero-order valence-electron chi connectivity index (χ0n) is 76.6. The number of hydrogen-bond acceptors (Lipinski definition) is 40. The van der Waals surface area contributed by atoms with Gasteiger partial charge in [0, 0.05) is 40.0 Å². The van der Waals surface area contributed by atoms with Crippen molar-refractivity contribution in [3.05, 3.63) is 35.7 Å². The van der Waals surface area contributed by atoms with Crippen LogP contribution in [0.3, 0.4) is 0 Å². The molecule has 7 saturated heterocycles. The molecule has 10 N–H and O–H groups in total. The quantitative estimate of drug-likeness (QED) is 0.0200. The number of fused-ring (bicyclic) bond motifs is 6. The van der Waals surface area contributed by atoms with Crippen molar-refractivity contribution >= 4 is 36.5 Å². The van der Waals surface area contributed by atoms with E-state index in [0.717, 1.165) is 38.4 Å². The lowest BCUT2D eigenvalue weighted by atomic mass is 9.82. The van der Waals surface area contributed by atoms with Gasteiger partial charge in [0.25, 0.3) is 0 Å². The van der Waals surface area contributed by atoms with E-state index in [-0.39, 0.29) is 175 Å². The van der Waals surface area contributed by atoms with Gasteiger partial charge in [0.2, 0.25) is 23.6 Å². The molecule has 0 unspecified atom stereocenters. The van der Waals surface area contributed by atoms with Crippen molar-refractivity contribution in [2.24, 2.45) is 0 Å². The summed E-state index contributed by atoms with van der Waals surface area (Å²) < 4.78 is 139. The number of hydrogen-bond donors (Lipinski definition) is 10. The van der Waals surface area contributed by atoms with Gasteiger partial charge in [0.1, 0.15) is 100.0 Å². The Hall–Kier alpha value is -6.13. The highest BCUT2D eigenvalue weighted by molar-refractivity contribution is 6.45. The third-order valence-electron chi connectivity index (χ3n) is 23.3. The maximum Gasteiger partial charge on any atom is 0.457 e. The summed E-state index contributed by atoms with van der Waals surface area (Å²) in [6.45, 7) is 18.3. The molecule has 0 saturated carbocycles. The van der Waals surface area contributed by atoms with E-state index < -0.39 is 114 Å². The summed E-state index contributed by atoms with van der Waals surface area (Å²) in [7, 11) is -0.252. The van der Waals surface area contributed by atoms with Gasteiger partial charge in [-0.15, -0.1) is 15.3 Å². The molecule has 4 amide bonds. The standard InChI is InChI=1S/C83H140BN13O34/c1-58(98)85-66-69(103)72(106)81(55-124-75(66)127-81)52-118-40-37-115-34-31-112-28-25-109-22-19-95-43-61(89-92-95)46-121-49-80(88-65(102)17-13-9-8-11-15-64(101)16-12-10-14-18-84-130-78(4,5)79(6,7)131-84,50-122-47-62-44-96(93-90-62)20-23-110-26-29-113-32-35-116-38-41-119-53-82-56-125-76(128-82)67(86-59(2)99)70(104)73(82)107)51-123-48-63-45-97(94-91-63)21-24-111-27-30-114-33-36-117-39-42-120-54-83-57-126-77(129-83)68(87-60(3)100)71(105)74(83)108/h43-45,66-77,103-108H,8-42,46-57H2,1-7H3,(H,85,98)(H,86,99)(H,87,100)(H,88,102)/t66-,67-,68-,69-,70-,71-,72-,73-,74-,75+,76+,77+,81+,82+,83+/m1/s1. The predicted octanol–water partition coefficient (Wildman–Crippen LogP) is -2.92. The molecule has 47 nitrogen and oxygen atoms in total. The van der Waals surface area contributed by atoms with E-state index in [0.29, 0.717) is 142 Å². The average Bonchev–Trinajstić information content (AvgIpc) is 1.61. The van der Waals surface area contributed by atoms with Gasteiger partial charge in [-0.2, -0.15) is 0 Å². The second kappa shape index (κ2) is 54.7. The smallest absolute Gasteiger partial charge is 0.403 e. The average molecular weight is 1870 g/mol. The van der Waals surface area contributed by atoms with Crippen LogP contribution >= 0.6 is 0 Å². The first kappa shape index (κ1) is 107. The number of Topliss-reactive ketones (excluding diaryl/α,β-unsaturated/α-hetero) is 1. The van der Waals surface area contributed by atoms with Crippen molar-refractivity contribution in [2.45, 2.75) is 266 Å². The number of amides is 4. The summed E-state index contributed by atoms with van der Waals surface area (Å²) in [6.07, 6.45) is 1.79.